The van der Waals surface area contributed by atoms with E-state index in [1.54, 1.807) is 18.2 Å². The monoisotopic (exact) mass is 443 g/mol. The molecule has 25 heavy (non-hydrogen) atoms. The van der Waals surface area contributed by atoms with Crippen molar-refractivity contribution in [3.63, 3.8) is 0 Å². The molecule has 6 heteroatoms. The molecule has 0 aliphatic heterocycles. The third-order valence-electron chi connectivity index (χ3n) is 3.57. The summed E-state index contributed by atoms with van der Waals surface area (Å²) >= 11 is 15.4. The SMILES string of the molecule is CC(C)c1ccc(OCCCC(=O)Nc2cc(Cl)cc(Cl)c2)c(Br)c1. The zero-order valence-corrected chi connectivity index (χ0v) is 17.2. The zero-order chi connectivity index (χ0) is 18.4. The molecule has 0 saturated carbocycles. The fraction of sp³-hybridized carbons (Fsp3) is 0.316. The lowest BCUT2D eigenvalue weighted by atomic mass is 10.0. The van der Waals surface area contributed by atoms with E-state index in [-0.39, 0.29) is 5.91 Å². The predicted molar refractivity (Wildman–Crippen MR) is 108 cm³/mol. The van der Waals surface area contributed by atoms with Gasteiger partial charge in [0.1, 0.15) is 5.75 Å². The van der Waals surface area contributed by atoms with Crippen molar-refractivity contribution in [1.82, 2.24) is 0 Å². The first-order valence-electron chi connectivity index (χ1n) is 8.03. The number of rotatable bonds is 7. The molecule has 2 aromatic rings. The van der Waals surface area contributed by atoms with Crippen LogP contribution in [-0.2, 0) is 4.79 Å². The van der Waals surface area contributed by atoms with Gasteiger partial charge in [-0.05, 0) is 64.2 Å². The van der Waals surface area contributed by atoms with E-state index in [0.717, 1.165) is 10.2 Å². The lowest BCUT2D eigenvalue weighted by molar-refractivity contribution is -0.116. The van der Waals surface area contributed by atoms with Crippen LogP contribution in [0.25, 0.3) is 0 Å². The Labute approximate surface area is 166 Å². The maximum atomic E-state index is 12.0. The Kier molecular flexibility index (Phi) is 7.60. The lowest BCUT2D eigenvalue weighted by Crippen LogP contribution is -2.12. The van der Waals surface area contributed by atoms with Crippen LogP contribution in [0.1, 0.15) is 38.2 Å². The lowest BCUT2D eigenvalue weighted by Gasteiger charge is -2.11. The van der Waals surface area contributed by atoms with E-state index in [1.807, 2.05) is 6.07 Å². The highest BCUT2D eigenvalue weighted by molar-refractivity contribution is 9.10. The van der Waals surface area contributed by atoms with Crippen molar-refractivity contribution in [2.75, 3.05) is 11.9 Å². The summed E-state index contributed by atoms with van der Waals surface area (Å²) in [4.78, 5) is 12.0. The molecule has 0 heterocycles. The number of carbonyl (C=O) groups is 1. The van der Waals surface area contributed by atoms with Crippen LogP contribution in [0.4, 0.5) is 5.69 Å². The molecule has 0 fully saturated rings. The molecular weight excluding hydrogens is 425 g/mol. The van der Waals surface area contributed by atoms with Gasteiger partial charge in [-0.2, -0.15) is 0 Å². The third-order valence-corrected chi connectivity index (χ3v) is 4.63. The van der Waals surface area contributed by atoms with E-state index in [9.17, 15) is 4.79 Å². The molecule has 0 bridgehead atoms. The smallest absolute Gasteiger partial charge is 0.224 e. The Morgan fingerprint density at radius 3 is 2.44 bits per heavy atom. The predicted octanol–water partition coefficient (Wildman–Crippen LogP) is 6.68. The maximum Gasteiger partial charge on any atom is 0.224 e. The molecule has 1 amide bonds. The average molecular weight is 445 g/mol. The van der Waals surface area contributed by atoms with E-state index < -0.39 is 0 Å². The van der Waals surface area contributed by atoms with Gasteiger partial charge in [-0.15, -0.1) is 0 Å². The van der Waals surface area contributed by atoms with Gasteiger partial charge in [0.05, 0.1) is 11.1 Å². The minimum Gasteiger partial charge on any atom is -0.492 e. The molecule has 1 N–H and O–H groups in total. The van der Waals surface area contributed by atoms with Crippen LogP contribution in [0.2, 0.25) is 10.0 Å². The first-order valence-corrected chi connectivity index (χ1v) is 9.58. The number of halogens is 3. The van der Waals surface area contributed by atoms with Gasteiger partial charge in [0.25, 0.3) is 0 Å². The normalized spacial score (nSPS) is 10.8. The quantitative estimate of drug-likeness (QED) is 0.483. The Balaban J connectivity index is 1.78. The van der Waals surface area contributed by atoms with Crippen molar-refractivity contribution < 1.29 is 9.53 Å². The van der Waals surface area contributed by atoms with Crippen molar-refractivity contribution in [3.8, 4) is 5.75 Å². The topological polar surface area (TPSA) is 38.3 Å². The average Bonchev–Trinajstić information content (AvgIpc) is 2.51. The van der Waals surface area contributed by atoms with Crippen molar-refractivity contribution in [1.29, 1.82) is 0 Å². The van der Waals surface area contributed by atoms with Gasteiger partial charge in [-0.1, -0.05) is 43.1 Å². The molecule has 0 atom stereocenters. The Morgan fingerprint density at radius 2 is 1.84 bits per heavy atom. The van der Waals surface area contributed by atoms with Gasteiger partial charge < -0.3 is 10.1 Å². The van der Waals surface area contributed by atoms with Gasteiger partial charge in [0.2, 0.25) is 5.91 Å². The number of ether oxygens (including phenoxy) is 1. The second kappa shape index (κ2) is 9.46. The summed E-state index contributed by atoms with van der Waals surface area (Å²) in [5, 5.41) is 3.75. The van der Waals surface area contributed by atoms with Gasteiger partial charge in [-0.3, -0.25) is 4.79 Å². The maximum absolute atomic E-state index is 12.0. The van der Waals surface area contributed by atoms with Crippen LogP contribution in [-0.4, -0.2) is 12.5 Å². The largest absolute Gasteiger partial charge is 0.492 e. The second-order valence-electron chi connectivity index (χ2n) is 6.00. The Bertz CT molecular complexity index is 730. The summed E-state index contributed by atoms with van der Waals surface area (Å²) in [6.45, 7) is 4.76. The fourth-order valence-electron chi connectivity index (χ4n) is 2.26. The third kappa shape index (κ3) is 6.53. The number of amides is 1. The molecule has 0 radical (unpaired) electrons. The van der Waals surface area contributed by atoms with Crippen LogP contribution >= 0.6 is 39.1 Å². The van der Waals surface area contributed by atoms with E-state index in [2.05, 4.69) is 47.2 Å². The van der Waals surface area contributed by atoms with Crippen LogP contribution in [0, 0.1) is 0 Å². The van der Waals surface area contributed by atoms with E-state index in [0.29, 0.717) is 41.1 Å². The summed E-state index contributed by atoms with van der Waals surface area (Å²) in [6.07, 6.45) is 0.963. The Morgan fingerprint density at radius 1 is 1.16 bits per heavy atom. The first-order chi connectivity index (χ1) is 11.8. The molecular formula is C19H20BrCl2NO2. The highest BCUT2D eigenvalue weighted by Crippen LogP contribution is 2.29. The minimum atomic E-state index is -0.101. The first kappa shape index (κ1) is 20.1. The standard InChI is InChI=1S/C19H20BrCl2NO2/c1-12(2)13-5-6-18(17(20)8-13)25-7-3-4-19(24)23-16-10-14(21)9-15(22)11-16/h5-6,8-12H,3-4,7H2,1-2H3,(H,23,24). The number of carbonyl (C=O) groups excluding carboxylic acids is 1. The van der Waals surface area contributed by atoms with Gasteiger partial charge in [-0.25, -0.2) is 0 Å². The fourth-order valence-corrected chi connectivity index (χ4v) is 3.29. The number of anilines is 1. The van der Waals surface area contributed by atoms with Crippen LogP contribution in [0.5, 0.6) is 5.75 Å². The van der Waals surface area contributed by atoms with Gasteiger partial charge in [0, 0.05) is 22.2 Å². The van der Waals surface area contributed by atoms with Crippen molar-refractivity contribution in [2.24, 2.45) is 0 Å². The Hall–Kier alpha value is -1.23. The molecule has 2 aromatic carbocycles. The van der Waals surface area contributed by atoms with E-state index >= 15 is 0 Å². The van der Waals surface area contributed by atoms with Crippen molar-refractivity contribution in [3.05, 3.63) is 56.5 Å². The molecule has 3 nitrogen and oxygen atoms in total. The molecule has 0 aromatic heterocycles. The zero-order valence-electron chi connectivity index (χ0n) is 14.1. The molecule has 2 rings (SSSR count). The summed E-state index contributed by atoms with van der Waals surface area (Å²) in [6, 6.07) is 11.0. The van der Waals surface area contributed by atoms with Gasteiger partial charge in [0.15, 0.2) is 0 Å². The second-order valence-corrected chi connectivity index (χ2v) is 7.73. The summed E-state index contributed by atoms with van der Waals surface area (Å²) < 4.78 is 6.67. The highest BCUT2D eigenvalue weighted by Gasteiger charge is 2.07. The molecule has 0 unspecified atom stereocenters. The van der Waals surface area contributed by atoms with Gasteiger partial charge >= 0.3 is 0 Å². The molecule has 0 saturated heterocycles. The molecule has 0 aliphatic carbocycles. The molecule has 0 spiro atoms. The molecule has 134 valence electrons. The van der Waals surface area contributed by atoms with Crippen LogP contribution in [0.15, 0.2) is 40.9 Å². The molecule has 0 aliphatic rings. The summed E-state index contributed by atoms with van der Waals surface area (Å²) in [7, 11) is 0. The van der Waals surface area contributed by atoms with Crippen LogP contribution < -0.4 is 10.1 Å². The van der Waals surface area contributed by atoms with Crippen molar-refractivity contribution >= 4 is 50.7 Å². The number of hydrogen-bond acceptors (Lipinski definition) is 2. The number of nitrogens with one attached hydrogen (secondary N) is 1. The van der Waals surface area contributed by atoms with E-state index in [1.165, 1.54) is 5.56 Å². The number of hydrogen-bond donors (Lipinski definition) is 1. The highest BCUT2D eigenvalue weighted by atomic mass is 79.9. The number of benzene rings is 2. The minimum absolute atomic E-state index is 0.101. The van der Waals surface area contributed by atoms with Crippen molar-refractivity contribution in [2.45, 2.75) is 32.6 Å². The van der Waals surface area contributed by atoms with E-state index in [4.69, 9.17) is 27.9 Å². The van der Waals surface area contributed by atoms with Crippen LogP contribution in [0.3, 0.4) is 0 Å². The summed E-state index contributed by atoms with van der Waals surface area (Å²) in [5.41, 5.74) is 1.84. The summed E-state index contributed by atoms with van der Waals surface area (Å²) in [5.74, 6) is 1.15.